The highest BCUT2D eigenvalue weighted by atomic mass is 16.2. The van der Waals surface area contributed by atoms with Crippen molar-refractivity contribution in [3.8, 4) is 0 Å². The van der Waals surface area contributed by atoms with E-state index in [0.29, 0.717) is 6.54 Å². The lowest BCUT2D eigenvalue weighted by molar-refractivity contribution is -0.122. The molecule has 0 unspecified atom stereocenters. The summed E-state index contributed by atoms with van der Waals surface area (Å²) in [5, 5.41) is 5.52. The van der Waals surface area contributed by atoms with Crippen molar-refractivity contribution < 1.29 is 9.59 Å². The highest BCUT2D eigenvalue weighted by Crippen LogP contribution is 2.14. The van der Waals surface area contributed by atoms with Gasteiger partial charge in [-0.25, -0.2) is 0 Å². The standard InChI is InChI=1S/C24H29N3O2/c1-19(28)26-23(16-20-8-4-2-5-9-20)24(29)25-17-21-10-12-22(13-11-21)18-27-14-6-3-7-15-27/h2,4-5,8-13,16H,3,6-7,14-15,17-18H2,1H3,(H,25,29)(H,26,28)/b23-16-. The maximum absolute atomic E-state index is 12.6. The summed E-state index contributed by atoms with van der Waals surface area (Å²) in [7, 11) is 0. The second-order valence-electron chi connectivity index (χ2n) is 7.49. The number of carbonyl (C=O) groups excluding carboxylic acids is 2. The molecular weight excluding hydrogens is 362 g/mol. The van der Waals surface area contributed by atoms with E-state index in [2.05, 4.69) is 39.8 Å². The molecule has 0 radical (unpaired) electrons. The van der Waals surface area contributed by atoms with Gasteiger partial charge < -0.3 is 10.6 Å². The number of likely N-dealkylation sites (tertiary alicyclic amines) is 1. The lowest BCUT2D eigenvalue weighted by Crippen LogP contribution is -2.33. The van der Waals surface area contributed by atoms with Gasteiger partial charge in [0.1, 0.15) is 5.70 Å². The van der Waals surface area contributed by atoms with Gasteiger partial charge in [-0.15, -0.1) is 0 Å². The van der Waals surface area contributed by atoms with Gasteiger partial charge in [0.25, 0.3) is 5.91 Å². The quantitative estimate of drug-likeness (QED) is 0.711. The van der Waals surface area contributed by atoms with E-state index in [-0.39, 0.29) is 17.5 Å². The van der Waals surface area contributed by atoms with Gasteiger partial charge in [0, 0.05) is 20.0 Å². The molecule has 1 heterocycles. The van der Waals surface area contributed by atoms with Gasteiger partial charge in [0.05, 0.1) is 0 Å². The SMILES string of the molecule is CC(=O)N/C(=C\c1ccccc1)C(=O)NCc1ccc(CN2CCCCC2)cc1. The molecule has 5 heteroatoms. The Kier molecular flexibility index (Phi) is 7.59. The minimum absolute atomic E-state index is 0.241. The maximum atomic E-state index is 12.6. The van der Waals surface area contributed by atoms with Gasteiger partial charge in [-0.3, -0.25) is 14.5 Å². The molecule has 0 saturated carbocycles. The molecule has 0 aliphatic carbocycles. The third-order valence-corrected chi connectivity index (χ3v) is 5.00. The summed E-state index contributed by atoms with van der Waals surface area (Å²) >= 11 is 0. The number of benzene rings is 2. The minimum atomic E-state index is -0.304. The predicted octanol–water partition coefficient (Wildman–Crippen LogP) is 3.47. The first-order valence-corrected chi connectivity index (χ1v) is 10.2. The summed E-state index contributed by atoms with van der Waals surface area (Å²) in [6.45, 7) is 5.15. The van der Waals surface area contributed by atoms with Crippen molar-refractivity contribution >= 4 is 17.9 Å². The van der Waals surface area contributed by atoms with E-state index >= 15 is 0 Å². The molecule has 2 N–H and O–H groups in total. The molecule has 0 atom stereocenters. The van der Waals surface area contributed by atoms with Crippen molar-refractivity contribution in [1.82, 2.24) is 15.5 Å². The van der Waals surface area contributed by atoms with Crippen LogP contribution in [-0.4, -0.2) is 29.8 Å². The summed E-state index contributed by atoms with van der Waals surface area (Å²) in [6.07, 6.45) is 5.60. The summed E-state index contributed by atoms with van der Waals surface area (Å²) in [6, 6.07) is 17.8. The topological polar surface area (TPSA) is 61.4 Å². The van der Waals surface area contributed by atoms with Gasteiger partial charge >= 0.3 is 0 Å². The van der Waals surface area contributed by atoms with Crippen LogP contribution < -0.4 is 10.6 Å². The molecule has 29 heavy (non-hydrogen) atoms. The molecule has 5 nitrogen and oxygen atoms in total. The number of piperidine rings is 1. The molecule has 152 valence electrons. The largest absolute Gasteiger partial charge is 0.347 e. The van der Waals surface area contributed by atoms with Crippen LogP contribution in [0.1, 0.15) is 42.9 Å². The fourth-order valence-corrected chi connectivity index (χ4v) is 3.48. The highest BCUT2D eigenvalue weighted by molar-refractivity contribution is 6.00. The Labute approximate surface area is 172 Å². The van der Waals surface area contributed by atoms with E-state index in [1.165, 1.54) is 44.8 Å². The molecule has 1 aliphatic rings. The molecule has 1 aliphatic heterocycles. The molecule has 0 spiro atoms. The zero-order chi connectivity index (χ0) is 20.5. The summed E-state index contributed by atoms with van der Waals surface area (Å²) in [4.78, 5) is 26.6. The Bertz CT molecular complexity index is 838. The van der Waals surface area contributed by atoms with Gasteiger partial charge in [-0.2, -0.15) is 0 Å². The van der Waals surface area contributed by atoms with Crippen molar-refractivity contribution in [3.05, 3.63) is 77.0 Å². The Morgan fingerprint density at radius 1 is 0.931 bits per heavy atom. The van der Waals surface area contributed by atoms with E-state index in [9.17, 15) is 9.59 Å². The fourth-order valence-electron chi connectivity index (χ4n) is 3.48. The van der Waals surface area contributed by atoms with Gasteiger partial charge in [-0.05, 0) is 48.7 Å². The van der Waals surface area contributed by atoms with Crippen LogP contribution in [0.3, 0.4) is 0 Å². The molecule has 0 bridgehead atoms. The normalized spacial score (nSPS) is 15.0. The molecule has 1 saturated heterocycles. The van der Waals surface area contributed by atoms with E-state index in [1.54, 1.807) is 6.08 Å². The molecule has 0 aromatic heterocycles. The van der Waals surface area contributed by atoms with Gasteiger partial charge in [0.2, 0.25) is 5.91 Å². The minimum Gasteiger partial charge on any atom is -0.347 e. The van der Waals surface area contributed by atoms with E-state index < -0.39 is 0 Å². The average molecular weight is 392 g/mol. The van der Waals surface area contributed by atoms with Crippen molar-refractivity contribution in [1.29, 1.82) is 0 Å². The molecule has 2 aromatic carbocycles. The van der Waals surface area contributed by atoms with Crippen molar-refractivity contribution in [2.24, 2.45) is 0 Å². The molecule has 3 rings (SSSR count). The van der Waals surface area contributed by atoms with E-state index in [1.807, 2.05) is 30.3 Å². The smallest absolute Gasteiger partial charge is 0.268 e. The summed E-state index contributed by atoms with van der Waals surface area (Å²) in [5.41, 5.74) is 3.42. The Balaban J connectivity index is 1.57. The first-order chi connectivity index (χ1) is 14.1. The number of rotatable bonds is 7. The maximum Gasteiger partial charge on any atom is 0.268 e. The number of nitrogens with one attached hydrogen (secondary N) is 2. The zero-order valence-corrected chi connectivity index (χ0v) is 17.0. The number of amides is 2. The van der Waals surface area contributed by atoms with Gasteiger partial charge in [-0.1, -0.05) is 61.0 Å². The van der Waals surface area contributed by atoms with Crippen LogP contribution in [0.2, 0.25) is 0 Å². The summed E-state index contributed by atoms with van der Waals surface area (Å²) in [5.74, 6) is -0.578. The first-order valence-electron chi connectivity index (χ1n) is 10.2. The number of carbonyl (C=O) groups is 2. The predicted molar refractivity (Wildman–Crippen MR) is 116 cm³/mol. The van der Waals surface area contributed by atoms with Crippen LogP contribution in [0.4, 0.5) is 0 Å². The molecule has 2 amide bonds. The lowest BCUT2D eigenvalue weighted by Gasteiger charge is -2.26. The van der Waals surface area contributed by atoms with Crippen LogP contribution in [0.25, 0.3) is 6.08 Å². The number of hydrogen-bond donors (Lipinski definition) is 2. The second kappa shape index (κ2) is 10.6. The molecule has 1 fully saturated rings. The van der Waals surface area contributed by atoms with Gasteiger partial charge in [0.15, 0.2) is 0 Å². The second-order valence-corrected chi connectivity index (χ2v) is 7.49. The number of hydrogen-bond acceptors (Lipinski definition) is 3. The summed E-state index contributed by atoms with van der Waals surface area (Å²) < 4.78 is 0. The van der Waals surface area contributed by atoms with Crippen LogP contribution in [0, 0.1) is 0 Å². The van der Waals surface area contributed by atoms with E-state index in [0.717, 1.165) is 17.7 Å². The average Bonchev–Trinajstić information content (AvgIpc) is 2.74. The lowest BCUT2D eigenvalue weighted by atomic mass is 10.1. The van der Waals surface area contributed by atoms with E-state index in [4.69, 9.17) is 0 Å². The third-order valence-electron chi connectivity index (χ3n) is 5.00. The van der Waals surface area contributed by atoms with Crippen LogP contribution in [-0.2, 0) is 22.7 Å². The zero-order valence-electron chi connectivity index (χ0n) is 17.0. The van der Waals surface area contributed by atoms with Crippen LogP contribution >= 0.6 is 0 Å². The van der Waals surface area contributed by atoms with Crippen molar-refractivity contribution in [2.45, 2.75) is 39.3 Å². The Morgan fingerprint density at radius 2 is 1.59 bits per heavy atom. The van der Waals surface area contributed by atoms with Crippen LogP contribution in [0.15, 0.2) is 60.3 Å². The first kappa shape index (κ1) is 20.8. The highest BCUT2D eigenvalue weighted by Gasteiger charge is 2.12. The van der Waals surface area contributed by atoms with Crippen molar-refractivity contribution in [3.63, 3.8) is 0 Å². The van der Waals surface area contributed by atoms with Crippen LogP contribution in [0.5, 0.6) is 0 Å². The fraction of sp³-hybridized carbons (Fsp3) is 0.333. The Hall–Kier alpha value is -2.92. The third kappa shape index (κ3) is 6.88. The molecular formula is C24H29N3O2. The molecule has 2 aromatic rings. The van der Waals surface area contributed by atoms with Crippen molar-refractivity contribution in [2.75, 3.05) is 13.1 Å². The Morgan fingerprint density at radius 3 is 2.24 bits per heavy atom. The monoisotopic (exact) mass is 391 g/mol. The number of nitrogens with zero attached hydrogens (tertiary/aromatic N) is 1.